The van der Waals surface area contributed by atoms with Gasteiger partial charge in [-0.1, -0.05) is 24.3 Å². The van der Waals surface area contributed by atoms with Gasteiger partial charge in [0, 0.05) is 5.69 Å². The summed E-state index contributed by atoms with van der Waals surface area (Å²) in [6.07, 6.45) is 1.59. The number of aromatic nitrogens is 3. The highest BCUT2D eigenvalue weighted by atomic mass is 16.1. The van der Waals surface area contributed by atoms with Crippen molar-refractivity contribution in [2.45, 2.75) is 20.8 Å². The molecular weight excluding hydrogens is 288 g/mol. The highest BCUT2D eigenvalue weighted by Gasteiger charge is 2.16. The first kappa shape index (κ1) is 15.0. The van der Waals surface area contributed by atoms with Crippen molar-refractivity contribution in [2.75, 3.05) is 5.32 Å². The number of carbonyl (C=O) groups is 1. The topological polar surface area (TPSA) is 59.8 Å². The zero-order chi connectivity index (χ0) is 16.4. The molecule has 0 saturated carbocycles. The average Bonchev–Trinajstić information content (AvgIpc) is 2.89. The summed E-state index contributed by atoms with van der Waals surface area (Å²) in [4.78, 5) is 16.8. The summed E-state index contributed by atoms with van der Waals surface area (Å²) in [5.74, 6) is 0.332. The third kappa shape index (κ3) is 2.99. The van der Waals surface area contributed by atoms with Gasteiger partial charge in [0.2, 0.25) is 0 Å². The second kappa shape index (κ2) is 6.04. The molecule has 0 atom stereocenters. The molecule has 2 heterocycles. The fraction of sp³-hybridized carbons (Fsp3) is 0.167. The SMILES string of the molecule is Cc1cccc(NC(=O)c2cnn(-c3ccccc3C)c2C)n1. The molecule has 1 N–H and O–H groups in total. The van der Waals surface area contributed by atoms with Crippen LogP contribution >= 0.6 is 0 Å². The van der Waals surface area contributed by atoms with E-state index in [2.05, 4.69) is 15.4 Å². The van der Waals surface area contributed by atoms with E-state index in [0.29, 0.717) is 11.4 Å². The standard InChI is InChI=1S/C18H18N4O/c1-12-7-4-5-9-16(12)22-14(3)15(11-19-22)18(23)21-17-10-6-8-13(2)20-17/h4-11H,1-3H3,(H,20,21,23). The lowest BCUT2D eigenvalue weighted by molar-refractivity contribution is 0.102. The number of hydrogen-bond acceptors (Lipinski definition) is 3. The Morgan fingerprint density at radius 1 is 1.04 bits per heavy atom. The van der Waals surface area contributed by atoms with Crippen LogP contribution in [0.4, 0.5) is 5.82 Å². The van der Waals surface area contributed by atoms with E-state index in [-0.39, 0.29) is 5.91 Å². The molecule has 5 heteroatoms. The van der Waals surface area contributed by atoms with Crippen molar-refractivity contribution in [3.63, 3.8) is 0 Å². The van der Waals surface area contributed by atoms with Gasteiger partial charge in [-0.15, -0.1) is 0 Å². The number of nitrogens with zero attached hydrogens (tertiary/aromatic N) is 3. The molecule has 2 aromatic heterocycles. The number of anilines is 1. The molecule has 0 saturated heterocycles. The molecule has 23 heavy (non-hydrogen) atoms. The Morgan fingerprint density at radius 2 is 1.83 bits per heavy atom. The maximum atomic E-state index is 12.5. The zero-order valence-corrected chi connectivity index (χ0v) is 13.4. The number of benzene rings is 1. The lowest BCUT2D eigenvalue weighted by Gasteiger charge is -2.09. The molecule has 1 aromatic carbocycles. The quantitative estimate of drug-likeness (QED) is 0.806. The predicted molar refractivity (Wildman–Crippen MR) is 90.0 cm³/mol. The van der Waals surface area contributed by atoms with Crippen LogP contribution in [-0.4, -0.2) is 20.7 Å². The van der Waals surface area contributed by atoms with E-state index in [1.807, 2.05) is 57.2 Å². The van der Waals surface area contributed by atoms with Crippen LogP contribution in [0.25, 0.3) is 5.69 Å². The number of rotatable bonds is 3. The second-order valence-corrected chi connectivity index (χ2v) is 5.46. The number of pyridine rings is 1. The van der Waals surface area contributed by atoms with E-state index in [0.717, 1.165) is 22.6 Å². The monoisotopic (exact) mass is 306 g/mol. The van der Waals surface area contributed by atoms with E-state index < -0.39 is 0 Å². The molecule has 0 fully saturated rings. The summed E-state index contributed by atoms with van der Waals surface area (Å²) in [6, 6.07) is 13.5. The first-order chi connectivity index (χ1) is 11.1. The molecule has 0 aliphatic rings. The lowest BCUT2D eigenvalue weighted by atomic mass is 10.2. The van der Waals surface area contributed by atoms with Gasteiger partial charge in [0.1, 0.15) is 5.82 Å². The van der Waals surface area contributed by atoms with Crippen LogP contribution in [0, 0.1) is 20.8 Å². The number of amides is 1. The normalized spacial score (nSPS) is 10.6. The van der Waals surface area contributed by atoms with Crippen molar-refractivity contribution in [3.05, 3.63) is 71.2 Å². The highest BCUT2D eigenvalue weighted by Crippen LogP contribution is 2.18. The maximum Gasteiger partial charge on any atom is 0.260 e. The Kier molecular flexibility index (Phi) is 3.93. The summed E-state index contributed by atoms with van der Waals surface area (Å²) in [5, 5.41) is 7.18. The first-order valence-electron chi connectivity index (χ1n) is 7.42. The van der Waals surface area contributed by atoms with Crippen molar-refractivity contribution >= 4 is 11.7 Å². The van der Waals surface area contributed by atoms with Crippen LogP contribution in [0.2, 0.25) is 0 Å². The minimum atomic E-state index is -0.208. The molecule has 1 amide bonds. The second-order valence-electron chi connectivity index (χ2n) is 5.46. The van der Waals surface area contributed by atoms with Crippen LogP contribution in [0.5, 0.6) is 0 Å². The number of hydrogen-bond donors (Lipinski definition) is 1. The van der Waals surface area contributed by atoms with E-state index in [4.69, 9.17) is 0 Å². The average molecular weight is 306 g/mol. The lowest BCUT2D eigenvalue weighted by Crippen LogP contribution is -2.14. The molecule has 0 aliphatic heterocycles. The minimum absolute atomic E-state index is 0.208. The Morgan fingerprint density at radius 3 is 2.57 bits per heavy atom. The maximum absolute atomic E-state index is 12.5. The smallest absolute Gasteiger partial charge is 0.260 e. The number of carbonyl (C=O) groups excluding carboxylic acids is 1. The van der Waals surface area contributed by atoms with Gasteiger partial charge in [-0.05, 0) is 44.5 Å². The molecular formula is C18H18N4O. The summed E-state index contributed by atoms with van der Waals surface area (Å²) < 4.78 is 1.79. The van der Waals surface area contributed by atoms with E-state index in [9.17, 15) is 4.79 Å². The molecule has 3 aromatic rings. The van der Waals surface area contributed by atoms with Crippen molar-refractivity contribution in [1.29, 1.82) is 0 Å². The molecule has 0 radical (unpaired) electrons. The predicted octanol–water partition coefficient (Wildman–Crippen LogP) is 3.44. The van der Waals surface area contributed by atoms with Crippen LogP contribution < -0.4 is 5.32 Å². The van der Waals surface area contributed by atoms with Gasteiger partial charge < -0.3 is 5.32 Å². The van der Waals surface area contributed by atoms with E-state index in [1.165, 1.54) is 0 Å². The van der Waals surface area contributed by atoms with Crippen LogP contribution in [0.3, 0.4) is 0 Å². The van der Waals surface area contributed by atoms with Gasteiger partial charge in [-0.2, -0.15) is 5.10 Å². The summed E-state index contributed by atoms with van der Waals surface area (Å²) in [5.41, 5.74) is 4.26. The van der Waals surface area contributed by atoms with Gasteiger partial charge in [-0.3, -0.25) is 4.79 Å². The molecule has 5 nitrogen and oxygen atoms in total. The molecule has 116 valence electrons. The third-order valence-electron chi connectivity index (χ3n) is 3.73. The largest absolute Gasteiger partial charge is 0.306 e. The van der Waals surface area contributed by atoms with E-state index >= 15 is 0 Å². The van der Waals surface area contributed by atoms with Gasteiger partial charge in [0.15, 0.2) is 0 Å². The molecule has 0 unspecified atom stereocenters. The van der Waals surface area contributed by atoms with Crippen molar-refractivity contribution in [3.8, 4) is 5.69 Å². The molecule has 0 spiro atoms. The molecule has 0 bridgehead atoms. The van der Waals surface area contributed by atoms with Gasteiger partial charge in [0.05, 0.1) is 23.1 Å². The number of nitrogens with one attached hydrogen (secondary N) is 1. The van der Waals surface area contributed by atoms with Gasteiger partial charge >= 0.3 is 0 Å². The minimum Gasteiger partial charge on any atom is -0.306 e. The summed E-state index contributed by atoms with van der Waals surface area (Å²) in [6.45, 7) is 5.79. The Hall–Kier alpha value is -2.95. The van der Waals surface area contributed by atoms with Crippen LogP contribution in [0.15, 0.2) is 48.7 Å². The fourth-order valence-corrected chi connectivity index (χ4v) is 2.47. The summed E-state index contributed by atoms with van der Waals surface area (Å²) in [7, 11) is 0. The molecule has 0 aliphatic carbocycles. The highest BCUT2D eigenvalue weighted by molar-refractivity contribution is 6.04. The molecule has 3 rings (SSSR count). The van der Waals surface area contributed by atoms with Crippen LogP contribution in [0.1, 0.15) is 27.3 Å². The van der Waals surface area contributed by atoms with Crippen molar-refractivity contribution in [1.82, 2.24) is 14.8 Å². The zero-order valence-electron chi connectivity index (χ0n) is 13.4. The summed E-state index contributed by atoms with van der Waals surface area (Å²) >= 11 is 0. The van der Waals surface area contributed by atoms with Gasteiger partial charge in [0.25, 0.3) is 5.91 Å². The number of para-hydroxylation sites is 1. The van der Waals surface area contributed by atoms with Crippen molar-refractivity contribution < 1.29 is 4.79 Å². The fourth-order valence-electron chi connectivity index (χ4n) is 2.47. The first-order valence-corrected chi connectivity index (χ1v) is 7.42. The Labute approximate surface area is 135 Å². The number of aryl methyl sites for hydroxylation is 2. The third-order valence-corrected chi connectivity index (χ3v) is 3.73. The Bertz CT molecular complexity index is 867. The van der Waals surface area contributed by atoms with Gasteiger partial charge in [-0.25, -0.2) is 9.67 Å². The van der Waals surface area contributed by atoms with Crippen LogP contribution in [-0.2, 0) is 0 Å². The Balaban J connectivity index is 1.90. The van der Waals surface area contributed by atoms with E-state index in [1.54, 1.807) is 16.9 Å². The van der Waals surface area contributed by atoms with Crippen molar-refractivity contribution in [2.24, 2.45) is 0 Å².